The predicted molar refractivity (Wildman–Crippen MR) is 92.4 cm³/mol. The maximum atomic E-state index is 12.3. The van der Waals surface area contributed by atoms with Crippen molar-refractivity contribution < 1.29 is 9.53 Å². The molecule has 1 aliphatic rings. The molecule has 0 unspecified atom stereocenters. The second-order valence-electron chi connectivity index (χ2n) is 4.96. The highest BCUT2D eigenvalue weighted by atomic mass is 32.2. The van der Waals surface area contributed by atoms with E-state index in [9.17, 15) is 4.79 Å². The SMILES string of the molecule is COc1ccnc(N2CCN(C(=O)CSc3nnc(N)s3)CC2)n1. The lowest BCUT2D eigenvalue weighted by Gasteiger charge is -2.34. The highest BCUT2D eigenvalue weighted by Gasteiger charge is 2.23. The molecular formula is C13H17N7O2S2. The van der Waals surface area contributed by atoms with E-state index in [1.807, 2.05) is 9.80 Å². The van der Waals surface area contributed by atoms with Crippen molar-refractivity contribution in [3.05, 3.63) is 12.3 Å². The first-order valence-corrected chi connectivity index (χ1v) is 9.07. The Morgan fingerprint density at radius 2 is 2.17 bits per heavy atom. The topological polar surface area (TPSA) is 110 Å². The van der Waals surface area contributed by atoms with Gasteiger partial charge in [0.1, 0.15) is 0 Å². The lowest BCUT2D eigenvalue weighted by molar-refractivity contribution is -0.128. The third kappa shape index (κ3) is 4.03. The summed E-state index contributed by atoms with van der Waals surface area (Å²) >= 11 is 2.65. The lowest BCUT2D eigenvalue weighted by atomic mass is 10.3. The van der Waals surface area contributed by atoms with Gasteiger partial charge in [0.15, 0.2) is 4.34 Å². The standard InChI is InChI=1S/C13H17N7O2S2/c1-22-9-2-3-15-12(16-9)20-6-4-19(5-7-20)10(21)8-23-13-18-17-11(14)24-13/h2-3H,4-8H2,1H3,(H2,14,17). The van der Waals surface area contributed by atoms with Crippen LogP contribution in [0, 0.1) is 0 Å². The number of methoxy groups -OCH3 is 1. The molecule has 0 spiro atoms. The Balaban J connectivity index is 1.49. The Morgan fingerprint density at radius 1 is 1.38 bits per heavy atom. The molecule has 11 heteroatoms. The quantitative estimate of drug-likeness (QED) is 0.749. The summed E-state index contributed by atoms with van der Waals surface area (Å²) in [5, 5.41) is 8.05. The van der Waals surface area contributed by atoms with Crippen molar-refractivity contribution in [2.45, 2.75) is 4.34 Å². The maximum Gasteiger partial charge on any atom is 0.233 e. The average Bonchev–Trinajstić information content (AvgIpc) is 3.05. The van der Waals surface area contributed by atoms with Crippen LogP contribution in [0.1, 0.15) is 0 Å². The minimum Gasteiger partial charge on any atom is -0.481 e. The van der Waals surface area contributed by atoms with Crippen molar-refractivity contribution in [2.24, 2.45) is 0 Å². The first kappa shape index (κ1) is 16.7. The van der Waals surface area contributed by atoms with E-state index in [0.29, 0.717) is 53.2 Å². The molecular weight excluding hydrogens is 350 g/mol. The smallest absolute Gasteiger partial charge is 0.233 e. The molecule has 24 heavy (non-hydrogen) atoms. The van der Waals surface area contributed by atoms with Crippen LogP contribution in [0.2, 0.25) is 0 Å². The van der Waals surface area contributed by atoms with Gasteiger partial charge in [-0.1, -0.05) is 23.1 Å². The number of aromatic nitrogens is 4. The number of anilines is 2. The number of carbonyl (C=O) groups is 1. The van der Waals surface area contributed by atoms with Gasteiger partial charge in [0.2, 0.25) is 22.9 Å². The first-order chi connectivity index (χ1) is 11.7. The molecule has 0 aromatic carbocycles. The molecule has 9 nitrogen and oxygen atoms in total. The fraction of sp³-hybridized carbons (Fsp3) is 0.462. The lowest BCUT2D eigenvalue weighted by Crippen LogP contribution is -2.49. The fourth-order valence-corrected chi connectivity index (χ4v) is 3.79. The van der Waals surface area contributed by atoms with Crippen molar-refractivity contribution in [3.8, 4) is 5.88 Å². The molecule has 1 fully saturated rings. The number of nitrogens with two attached hydrogens (primary N) is 1. The first-order valence-electron chi connectivity index (χ1n) is 7.27. The Hall–Kier alpha value is -2.14. The fourth-order valence-electron chi connectivity index (χ4n) is 2.25. The summed E-state index contributed by atoms with van der Waals surface area (Å²) in [6.45, 7) is 2.65. The summed E-state index contributed by atoms with van der Waals surface area (Å²) in [5.41, 5.74) is 5.53. The molecule has 0 radical (unpaired) electrons. The van der Waals surface area contributed by atoms with E-state index in [2.05, 4.69) is 20.2 Å². The zero-order valence-corrected chi connectivity index (χ0v) is 14.7. The van der Waals surface area contributed by atoms with Gasteiger partial charge in [-0.15, -0.1) is 10.2 Å². The van der Waals surface area contributed by atoms with E-state index in [1.165, 1.54) is 23.1 Å². The highest BCUT2D eigenvalue weighted by Crippen LogP contribution is 2.24. The van der Waals surface area contributed by atoms with Crippen LogP contribution in [0.5, 0.6) is 5.88 Å². The molecule has 0 aliphatic carbocycles. The third-order valence-corrected chi connectivity index (χ3v) is 5.35. The van der Waals surface area contributed by atoms with E-state index >= 15 is 0 Å². The molecule has 0 saturated carbocycles. The Kier molecular flexibility index (Phi) is 5.30. The molecule has 2 aromatic heterocycles. The molecule has 1 aliphatic heterocycles. The number of nitrogen functional groups attached to an aromatic ring is 1. The number of hydrogen-bond acceptors (Lipinski definition) is 10. The maximum absolute atomic E-state index is 12.3. The molecule has 2 N–H and O–H groups in total. The van der Waals surface area contributed by atoms with Gasteiger partial charge in [0, 0.05) is 38.4 Å². The van der Waals surface area contributed by atoms with Gasteiger partial charge in [-0.25, -0.2) is 4.98 Å². The van der Waals surface area contributed by atoms with E-state index < -0.39 is 0 Å². The van der Waals surface area contributed by atoms with Crippen LogP contribution in [0.15, 0.2) is 16.6 Å². The number of piperazine rings is 1. The van der Waals surface area contributed by atoms with Crippen LogP contribution in [-0.4, -0.2) is 70.0 Å². The molecule has 0 bridgehead atoms. The van der Waals surface area contributed by atoms with Crippen molar-refractivity contribution in [2.75, 3.05) is 49.7 Å². The van der Waals surface area contributed by atoms with Gasteiger partial charge in [-0.05, 0) is 0 Å². The van der Waals surface area contributed by atoms with E-state index in [1.54, 1.807) is 19.4 Å². The highest BCUT2D eigenvalue weighted by molar-refractivity contribution is 8.01. The van der Waals surface area contributed by atoms with Crippen molar-refractivity contribution in [3.63, 3.8) is 0 Å². The zero-order valence-electron chi connectivity index (χ0n) is 13.1. The number of hydrogen-bond donors (Lipinski definition) is 1. The predicted octanol–water partition coefficient (Wildman–Crippen LogP) is 0.360. The molecule has 3 rings (SSSR count). The van der Waals surface area contributed by atoms with Gasteiger partial charge in [0.25, 0.3) is 0 Å². The van der Waals surface area contributed by atoms with Crippen molar-refractivity contribution in [1.29, 1.82) is 0 Å². The van der Waals surface area contributed by atoms with Crippen molar-refractivity contribution >= 4 is 40.1 Å². The van der Waals surface area contributed by atoms with Gasteiger partial charge < -0.3 is 20.3 Å². The van der Waals surface area contributed by atoms with Crippen LogP contribution in [0.25, 0.3) is 0 Å². The van der Waals surface area contributed by atoms with E-state index in [4.69, 9.17) is 10.5 Å². The monoisotopic (exact) mass is 367 g/mol. The van der Waals surface area contributed by atoms with Gasteiger partial charge in [0.05, 0.1) is 12.9 Å². The molecule has 1 saturated heterocycles. The molecule has 0 atom stereocenters. The van der Waals surface area contributed by atoms with Crippen LogP contribution < -0.4 is 15.4 Å². The Bertz CT molecular complexity index is 703. The summed E-state index contributed by atoms with van der Waals surface area (Å²) in [6, 6.07) is 1.71. The summed E-state index contributed by atoms with van der Waals surface area (Å²) in [4.78, 5) is 24.8. The number of rotatable bonds is 5. The number of carbonyl (C=O) groups excluding carboxylic acids is 1. The minimum absolute atomic E-state index is 0.0833. The van der Waals surface area contributed by atoms with Crippen LogP contribution >= 0.6 is 23.1 Å². The molecule has 128 valence electrons. The summed E-state index contributed by atoms with van der Waals surface area (Å²) in [5.74, 6) is 1.58. The summed E-state index contributed by atoms with van der Waals surface area (Å²) < 4.78 is 5.83. The Labute approximate surface area is 147 Å². The van der Waals surface area contributed by atoms with Crippen molar-refractivity contribution in [1.82, 2.24) is 25.1 Å². The van der Waals surface area contributed by atoms with Gasteiger partial charge in [-0.2, -0.15) is 4.98 Å². The number of nitrogens with zero attached hydrogens (tertiary/aromatic N) is 6. The number of thioether (sulfide) groups is 1. The number of amides is 1. The summed E-state index contributed by atoms with van der Waals surface area (Å²) in [6.07, 6.45) is 1.67. The third-order valence-electron chi connectivity index (χ3n) is 3.48. The van der Waals surface area contributed by atoms with E-state index in [0.717, 1.165) is 0 Å². The van der Waals surface area contributed by atoms with E-state index in [-0.39, 0.29) is 5.91 Å². The minimum atomic E-state index is 0.0833. The molecule has 2 aromatic rings. The van der Waals surface area contributed by atoms with Crippen LogP contribution in [0.4, 0.5) is 11.1 Å². The normalized spacial score (nSPS) is 14.7. The largest absolute Gasteiger partial charge is 0.481 e. The van der Waals surface area contributed by atoms with Gasteiger partial charge in [-0.3, -0.25) is 4.79 Å². The molecule has 1 amide bonds. The Morgan fingerprint density at radius 3 is 2.83 bits per heavy atom. The average molecular weight is 367 g/mol. The number of ether oxygens (including phenoxy) is 1. The molecule has 3 heterocycles. The van der Waals surface area contributed by atoms with Crippen LogP contribution in [0.3, 0.4) is 0 Å². The zero-order chi connectivity index (χ0) is 16.9. The van der Waals surface area contributed by atoms with Crippen LogP contribution in [-0.2, 0) is 4.79 Å². The second-order valence-corrected chi connectivity index (χ2v) is 7.19. The summed E-state index contributed by atoms with van der Waals surface area (Å²) in [7, 11) is 1.58. The second kappa shape index (κ2) is 7.62. The van der Waals surface area contributed by atoms with Gasteiger partial charge >= 0.3 is 0 Å².